The number of rotatable bonds is 2. The molecule has 3 aromatic heterocycles. The van der Waals surface area contributed by atoms with E-state index in [4.69, 9.17) is 0 Å². The summed E-state index contributed by atoms with van der Waals surface area (Å²) in [6, 6.07) is 6.78. The van der Waals surface area contributed by atoms with Gasteiger partial charge in [0, 0.05) is 31.9 Å². The fourth-order valence-electron chi connectivity index (χ4n) is 3.76. The molecule has 0 aliphatic carbocycles. The van der Waals surface area contributed by atoms with Crippen molar-refractivity contribution in [3.8, 4) is 5.69 Å². The lowest BCUT2D eigenvalue weighted by atomic mass is 10.2. The molecule has 4 heterocycles. The van der Waals surface area contributed by atoms with E-state index in [1.165, 1.54) is 24.3 Å². The minimum Gasteiger partial charge on any atom is -0.352 e. The zero-order valence-electron chi connectivity index (χ0n) is 16.0. The quantitative estimate of drug-likeness (QED) is 0.530. The molecule has 0 bridgehead atoms. The van der Waals surface area contributed by atoms with Crippen LogP contribution in [0.2, 0.25) is 0 Å². The van der Waals surface area contributed by atoms with Crippen molar-refractivity contribution in [3.63, 3.8) is 0 Å². The second-order valence-electron chi connectivity index (χ2n) is 7.31. The van der Waals surface area contributed by atoms with E-state index in [-0.39, 0.29) is 22.2 Å². The van der Waals surface area contributed by atoms with Crippen molar-refractivity contribution >= 4 is 38.6 Å². The summed E-state index contributed by atoms with van der Waals surface area (Å²) < 4.78 is 32.7. The molecule has 0 atom stereocenters. The zero-order valence-corrected chi connectivity index (χ0v) is 16.8. The molecule has 10 heteroatoms. The van der Waals surface area contributed by atoms with Gasteiger partial charge in [-0.2, -0.15) is 0 Å². The first-order chi connectivity index (χ1) is 14.4. The van der Waals surface area contributed by atoms with Crippen LogP contribution in [0.1, 0.15) is 0 Å². The first kappa shape index (κ1) is 18.9. The molecule has 5 rings (SSSR count). The van der Waals surface area contributed by atoms with Crippen LogP contribution in [0.4, 0.5) is 14.6 Å². The highest BCUT2D eigenvalue weighted by Crippen LogP contribution is 2.28. The van der Waals surface area contributed by atoms with Gasteiger partial charge in [0.2, 0.25) is 5.43 Å². The van der Waals surface area contributed by atoms with Crippen molar-refractivity contribution in [2.45, 2.75) is 0 Å². The van der Waals surface area contributed by atoms with E-state index in [1.807, 2.05) is 11.9 Å². The van der Waals surface area contributed by atoms with Crippen LogP contribution in [-0.4, -0.2) is 52.1 Å². The minimum atomic E-state index is -0.610. The van der Waals surface area contributed by atoms with Crippen molar-refractivity contribution in [3.05, 3.63) is 62.5 Å². The monoisotopic (exact) mass is 429 g/mol. The average Bonchev–Trinajstić information content (AvgIpc) is 3.12. The minimum absolute atomic E-state index is 0.00565. The van der Waals surface area contributed by atoms with Crippen molar-refractivity contribution in [2.24, 2.45) is 0 Å². The number of anilines is 1. The Labute approximate surface area is 172 Å². The molecular weight excluding hydrogens is 412 g/mol. The molecule has 0 radical (unpaired) electrons. The molecule has 0 amide bonds. The predicted octanol–water partition coefficient (Wildman–Crippen LogP) is 2.32. The maximum atomic E-state index is 15.0. The van der Waals surface area contributed by atoms with Gasteiger partial charge in [-0.1, -0.05) is 0 Å². The summed E-state index contributed by atoms with van der Waals surface area (Å²) in [5, 5.41) is -0.0588. The van der Waals surface area contributed by atoms with E-state index in [0.717, 1.165) is 30.7 Å². The van der Waals surface area contributed by atoms with E-state index in [0.29, 0.717) is 23.6 Å². The van der Waals surface area contributed by atoms with Crippen molar-refractivity contribution < 1.29 is 8.78 Å². The SMILES string of the molecule is CN1CCN(c2nc3c(cc2F)c(=O)c2c(=O)[nH]sc2n3-c2ccc(F)cc2)CC1. The molecule has 1 saturated heterocycles. The van der Waals surface area contributed by atoms with Gasteiger partial charge in [0.25, 0.3) is 5.56 Å². The van der Waals surface area contributed by atoms with E-state index in [1.54, 1.807) is 4.57 Å². The summed E-state index contributed by atoms with van der Waals surface area (Å²) >= 11 is 0.992. The van der Waals surface area contributed by atoms with Crippen LogP contribution in [0.5, 0.6) is 0 Å². The Morgan fingerprint density at radius 2 is 1.77 bits per heavy atom. The highest BCUT2D eigenvalue weighted by atomic mass is 32.1. The Morgan fingerprint density at radius 3 is 2.47 bits per heavy atom. The Bertz CT molecular complexity index is 1390. The first-order valence-electron chi connectivity index (χ1n) is 9.40. The summed E-state index contributed by atoms with van der Waals surface area (Å²) in [5.41, 5.74) is -0.367. The summed E-state index contributed by atoms with van der Waals surface area (Å²) in [6.45, 7) is 2.74. The number of nitrogens with one attached hydrogen (secondary N) is 1. The normalized spacial score (nSPS) is 15.4. The summed E-state index contributed by atoms with van der Waals surface area (Å²) in [7, 11) is 2.00. The number of aromatic nitrogens is 3. The molecule has 30 heavy (non-hydrogen) atoms. The highest BCUT2D eigenvalue weighted by molar-refractivity contribution is 7.12. The smallest absolute Gasteiger partial charge is 0.271 e. The molecule has 4 aromatic rings. The van der Waals surface area contributed by atoms with Gasteiger partial charge in [-0.3, -0.25) is 18.5 Å². The Hall–Kier alpha value is -3.11. The van der Waals surface area contributed by atoms with Gasteiger partial charge in [-0.05, 0) is 48.9 Å². The van der Waals surface area contributed by atoms with Crippen LogP contribution < -0.4 is 15.9 Å². The third-order valence-corrected chi connectivity index (χ3v) is 6.26. The van der Waals surface area contributed by atoms with Crippen LogP contribution in [0.25, 0.3) is 26.9 Å². The van der Waals surface area contributed by atoms with Gasteiger partial charge in [0.05, 0.1) is 5.39 Å². The lowest BCUT2D eigenvalue weighted by Gasteiger charge is -2.33. The maximum absolute atomic E-state index is 15.0. The molecule has 1 aliphatic rings. The Morgan fingerprint density at radius 1 is 1.07 bits per heavy atom. The van der Waals surface area contributed by atoms with E-state index in [9.17, 15) is 18.4 Å². The average molecular weight is 429 g/mol. The van der Waals surface area contributed by atoms with Gasteiger partial charge in [0.15, 0.2) is 17.3 Å². The van der Waals surface area contributed by atoms with Gasteiger partial charge in [-0.15, -0.1) is 0 Å². The summed E-state index contributed by atoms with van der Waals surface area (Å²) in [6.07, 6.45) is 0. The maximum Gasteiger partial charge on any atom is 0.271 e. The first-order valence-corrected chi connectivity index (χ1v) is 10.2. The molecule has 7 nitrogen and oxygen atoms in total. The summed E-state index contributed by atoms with van der Waals surface area (Å²) in [5.74, 6) is -0.867. The van der Waals surface area contributed by atoms with Gasteiger partial charge >= 0.3 is 0 Å². The molecule has 1 aliphatic heterocycles. The number of benzene rings is 1. The molecule has 1 fully saturated rings. The van der Waals surface area contributed by atoms with Gasteiger partial charge in [-0.25, -0.2) is 13.8 Å². The third-order valence-electron chi connectivity index (χ3n) is 5.39. The fourth-order valence-corrected chi connectivity index (χ4v) is 4.62. The van der Waals surface area contributed by atoms with Crippen molar-refractivity contribution in [1.82, 2.24) is 18.8 Å². The van der Waals surface area contributed by atoms with E-state index < -0.39 is 22.6 Å². The van der Waals surface area contributed by atoms with Crippen LogP contribution in [-0.2, 0) is 0 Å². The number of fused-ring (bicyclic) bond motifs is 2. The Balaban J connectivity index is 1.85. The van der Waals surface area contributed by atoms with Crippen LogP contribution >= 0.6 is 11.5 Å². The number of hydrogen-bond acceptors (Lipinski definition) is 6. The Kier molecular flexibility index (Phi) is 4.40. The molecule has 1 aromatic carbocycles. The van der Waals surface area contributed by atoms with E-state index >= 15 is 0 Å². The number of piperazine rings is 1. The van der Waals surface area contributed by atoms with Crippen molar-refractivity contribution in [2.75, 3.05) is 38.1 Å². The van der Waals surface area contributed by atoms with E-state index in [2.05, 4.69) is 14.3 Å². The molecule has 0 spiro atoms. The number of likely N-dealkylation sites (N-methyl/N-ethyl adjacent to an activating group) is 1. The van der Waals surface area contributed by atoms with Gasteiger partial charge < -0.3 is 9.80 Å². The zero-order chi connectivity index (χ0) is 21.0. The number of halogens is 2. The highest BCUT2D eigenvalue weighted by Gasteiger charge is 2.24. The topological polar surface area (TPSA) is 74.2 Å². The lowest BCUT2D eigenvalue weighted by Crippen LogP contribution is -2.45. The second-order valence-corrected chi connectivity index (χ2v) is 8.10. The third kappa shape index (κ3) is 2.91. The number of pyridine rings is 2. The predicted molar refractivity (Wildman–Crippen MR) is 113 cm³/mol. The molecule has 1 N–H and O–H groups in total. The molecular formula is C20H17F2N5O2S. The molecule has 0 unspecified atom stereocenters. The number of H-pyrrole nitrogens is 1. The van der Waals surface area contributed by atoms with Crippen LogP contribution in [0.15, 0.2) is 39.9 Å². The van der Waals surface area contributed by atoms with Gasteiger partial charge in [0.1, 0.15) is 16.0 Å². The lowest BCUT2D eigenvalue weighted by molar-refractivity contribution is 0.311. The number of hydrogen-bond donors (Lipinski definition) is 1. The standard InChI is InChI=1S/C20H17F2N5O2S/c1-25-6-8-26(9-7-25)18-14(22)10-13-16(28)15-19(29)24-30-20(15)27(17(13)23-18)12-4-2-11(21)3-5-12/h2-5,10H,6-9H2,1H3,(H,24,29). The number of aromatic amines is 1. The summed E-state index contributed by atoms with van der Waals surface area (Å²) in [4.78, 5) is 34.1. The second kappa shape index (κ2) is 6.99. The molecule has 0 saturated carbocycles. The van der Waals surface area contributed by atoms with Crippen LogP contribution in [0.3, 0.4) is 0 Å². The van der Waals surface area contributed by atoms with Crippen molar-refractivity contribution in [1.29, 1.82) is 0 Å². The molecule has 154 valence electrons. The largest absolute Gasteiger partial charge is 0.352 e. The fraction of sp³-hybridized carbons (Fsp3) is 0.250. The van der Waals surface area contributed by atoms with Crippen LogP contribution in [0, 0.1) is 11.6 Å². The number of nitrogens with zero attached hydrogens (tertiary/aromatic N) is 4.